The van der Waals surface area contributed by atoms with Gasteiger partial charge >= 0.3 is 6.03 Å². The van der Waals surface area contributed by atoms with Gasteiger partial charge in [-0.1, -0.05) is 30.3 Å². The molecule has 98 valence electrons. The molecule has 18 heavy (non-hydrogen) atoms. The molecule has 4 heteroatoms. The van der Waals surface area contributed by atoms with Gasteiger partial charge in [0.05, 0.1) is 6.61 Å². The Bertz CT molecular complexity index is 394. The Morgan fingerprint density at radius 1 is 1.44 bits per heavy atom. The highest BCUT2D eigenvalue weighted by Crippen LogP contribution is 2.46. The topological polar surface area (TPSA) is 52.6 Å². The predicted octanol–water partition coefficient (Wildman–Crippen LogP) is 1.42. The minimum atomic E-state index is -0.109. The number of rotatable bonds is 5. The molecule has 0 radical (unpaired) electrons. The number of hydrogen-bond acceptors (Lipinski definition) is 2. The first-order valence-corrected chi connectivity index (χ1v) is 6.37. The van der Waals surface area contributed by atoms with Gasteiger partial charge < -0.3 is 15.3 Å². The van der Waals surface area contributed by atoms with Crippen LogP contribution in [0.3, 0.4) is 0 Å². The minimum Gasteiger partial charge on any atom is -0.395 e. The van der Waals surface area contributed by atoms with E-state index < -0.39 is 0 Å². The van der Waals surface area contributed by atoms with Crippen molar-refractivity contribution in [3.8, 4) is 0 Å². The maximum atomic E-state index is 11.6. The van der Waals surface area contributed by atoms with E-state index in [9.17, 15) is 4.79 Å². The van der Waals surface area contributed by atoms with Crippen molar-refractivity contribution in [1.82, 2.24) is 10.2 Å². The zero-order valence-electron chi connectivity index (χ0n) is 10.7. The molecule has 2 amide bonds. The predicted molar refractivity (Wildman–Crippen MR) is 70.4 cm³/mol. The molecule has 2 rings (SSSR count). The summed E-state index contributed by atoms with van der Waals surface area (Å²) in [5.74, 6) is 1.15. The summed E-state index contributed by atoms with van der Waals surface area (Å²) >= 11 is 0. The van der Waals surface area contributed by atoms with Gasteiger partial charge in [-0.05, 0) is 23.8 Å². The summed E-state index contributed by atoms with van der Waals surface area (Å²) in [6.45, 7) is 1.09. The van der Waals surface area contributed by atoms with Crippen molar-refractivity contribution in [2.75, 3.05) is 26.7 Å². The average molecular weight is 248 g/mol. The first-order chi connectivity index (χ1) is 8.72. The van der Waals surface area contributed by atoms with Gasteiger partial charge in [-0.25, -0.2) is 4.79 Å². The van der Waals surface area contributed by atoms with Gasteiger partial charge in [-0.3, -0.25) is 0 Å². The van der Waals surface area contributed by atoms with Crippen LogP contribution in [0.4, 0.5) is 4.79 Å². The highest BCUT2D eigenvalue weighted by atomic mass is 16.3. The smallest absolute Gasteiger partial charge is 0.317 e. The first-order valence-electron chi connectivity index (χ1n) is 6.37. The Balaban J connectivity index is 1.72. The van der Waals surface area contributed by atoms with Crippen molar-refractivity contribution < 1.29 is 9.90 Å². The third kappa shape index (κ3) is 3.23. The highest BCUT2D eigenvalue weighted by Gasteiger charge is 2.38. The fourth-order valence-electron chi connectivity index (χ4n) is 2.19. The minimum absolute atomic E-state index is 0.0000110. The van der Waals surface area contributed by atoms with E-state index in [1.807, 2.05) is 6.07 Å². The highest BCUT2D eigenvalue weighted by molar-refractivity contribution is 5.73. The van der Waals surface area contributed by atoms with Crippen LogP contribution in [-0.2, 0) is 0 Å². The summed E-state index contributed by atoms with van der Waals surface area (Å²) in [4.78, 5) is 13.1. The van der Waals surface area contributed by atoms with E-state index in [1.165, 1.54) is 10.5 Å². The summed E-state index contributed by atoms with van der Waals surface area (Å²) in [5.41, 5.74) is 1.36. The molecule has 2 N–H and O–H groups in total. The number of likely N-dealkylation sites (N-methyl/N-ethyl adjacent to an activating group) is 1. The van der Waals surface area contributed by atoms with Crippen LogP contribution in [0.25, 0.3) is 0 Å². The van der Waals surface area contributed by atoms with Gasteiger partial charge in [0.2, 0.25) is 0 Å². The van der Waals surface area contributed by atoms with Crippen molar-refractivity contribution >= 4 is 6.03 Å². The molecule has 1 saturated carbocycles. The van der Waals surface area contributed by atoms with Crippen molar-refractivity contribution in [2.45, 2.75) is 12.3 Å². The van der Waals surface area contributed by atoms with Crippen molar-refractivity contribution in [1.29, 1.82) is 0 Å². The molecule has 2 atom stereocenters. The van der Waals surface area contributed by atoms with Crippen LogP contribution in [0.15, 0.2) is 30.3 Å². The van der Waals surface area contributed by atoms with E-state index in [4.69, 9.17) is 5.11 Å². The summed E-state index contributed by atoms with van der Waals surface area (Å²) in [7, 11) is 1.69. The lowest BCUT2D eigenvalue weighted by Crippen LogP contribution is -2.39. The van der Waals surface area contributed by atoms with E-state index >= 15 is 0 Å². The number of nitrogens with one attached hydrogen (secondary N) is 1. The molecule has 1 aliphatic carbocycles. The van der Waals surface area contributed by atoms with Crippen LogP contribution in [-0.4, -0.2) is 42.8 Å². The molecule has 1 fully saturated rings. The lowest BCUT2D eigenvalue weighted by atomic mass is 10.1. The van der Waals surface area contributed by atoms with Gasteiger partial charge in [-0.15, -0.1) is 0 Å². The largest absolute Gasteiger partial charge is 0.395 e. The summed E-state index contributed by atoms with van der Waals surface area (Å²) in [6, 6.07) is 10.3. The molecule has 0 saturated heterocycles. The van der Waals surface area contributed by atoms with Crippen LogP contribution in [0.5, 0.6) is 0 Å². The number of benzene rings is 1. The molecule has 0 spiro atoms. The third-order valence-corrected chi connectivity index (χ3v) is 3.45. The molecular formula is C14H20N2O2. The molecule has 1 aromatic rings. The second-order valence-electron chi connectivity index (χ2n) is 4.84. The Morgan fingerprint density at radius 2 is 2.17 bits per heavy atom. The van der Waals surface area contributed by atoms with Crippen molar-refractivity contribution in [3.63, 3.8) is 0 Å². The number of amides is 2. The molecule has 0 aliphatic heterocycles. The molecule has 1 aliphatic rings. The molecule has 2 unspecified atom stereocenters. The lowest BCUT2D eigenvalue weighted by Gasteiger charge is -2.16. The van der Waals surface area contributed by atoms with E-state index in [1.54, 1.807) is 7.05 Å². The molecule has 0 bridgehead atoms. The molecule has 0 aromatic heterocycles. The number of nitrogens with zero attached hydrogens (tertiary/aromatic N) is 1. The van der Waals surface area contributed by atoms with Gasteiger partial charge in [0, 0.05) is 20.1 Å². The van der Waals surface area contributed by atoms with Crippen LogP contribution in [0, 0.1) is 5.92 Å². The molecular weight excluding hydrogens is 228 g/mol. The summed E-state index contributed by atoms with van der Waals surface area (Å²) in [6.07, 6.45) is 1.15. The van der Waals surface area contributed by atoms with Crippen LogP contribution < -0.4 is 5.32 Å². The first kappa shape index (κ1) is 12.9. The summed E-state index contributed by atoms with van der Waals surface area (Å²) < 4.78 is 0. The molecule has 4 nitrogen and oxygen atoms in total. The van der Waals surface area contributed by atoms with E-state index in [2.05, 4.69) is 29.6 Å². The number of aliphatic hydroxyl groups is 1. The van der Waals surface area contributed by atoms with Crippen molar-refractivity contribution in [2.24, 2.45) is 5.92 Å². The third-order valence-electron chi connectivity index (χ3n) is 3.45. The van der Waals surface area contributed by atoms with Crippen LogP contribution in [0.2, 0.25) is 0 Å². The normalized spacial score (nSPS) is 21.4. The van der Waals surface area contributed by atoms with Gasteiger partial charge in [-0.2, -0.15) is 0 Å². The number of aliphatic hydroxyl groups excluding tert-OH is 1. The second-order valence-corrected chi connectivity index (χ2v) is 4.84. The average Bonchev–Trinajstić information content (AvgIpc) is 3.17. The standard InChI is InChI=1S/C14H20N2O2/c1-16(7-8-17)14(18)15-10-12-9-13(12)11-5-3-2-4-6-11/h2-6,12-13,17H,7-10H2,1H3,(H,15,18). The van der Waals surface area contributed by atoms with Gasteiger partial charge in [0.1, 0.15) is 0 Å². The van der Waals surface area contributed by atoms with Gasteiger partial charge in [0.15, 0.2) is 0 Å². The number of hydrogen-bond donors (Lipinski definition) is 2. The van der Waals surface area contributed by atoms with Crippen LogP contribution in [0.1, 0.15) is 17.9 Å². The fourth-order valence-corrected chi connectivity index (χ4v) is 2.19. The second kappa shape index (κ2) is 5.87. The zero-order valence-corrected chi connectivity index (χ0v) is 10.7. The number of carbonyl (C=O) groups excluding carboxylic acids is 1. The van der Waals surface area contributed by atoms with Crippen LogP contribution >= 0.6 is 0 Å². The van der Waals surface area contributed by atoms with E-state index in [-0.39, 0.29) is 12.6 Å². The van der Waals surface area contributed by atoms with E-state index in [0.717, 1.165) is 6.42 Å². The maximum absolute atomic E-state index is 11.6. The Labute approximate surface area is 108 Å². The lowest BCUT2D eigenvalue weighted by molar-refractivity contribution is 0.190. The zero-order chi connectivity index (χ0) is 13.0. The quantitative estimate of drug-likeness (QED) is 0.828. The number of urea groups is 1. The maximum Gasteiger partial charge on any atom is 0.317 e. The Morgan fingerprint density at radius 3 is 2.83 bits per heavy atom. The monoisotopic (exact) mass is 248 g/mol. The SMILES string of the molecule is CN(CCO)C(=O)NCC1CC1c1ccccc1. The Hall–Kier alpha value is -1.55. The van der Waals surface area contributed by atoms with Crippen molar-refractivity contribution in [3.05, 3.63) is 35.9 Å². The molecule has 0 heterocycles. The van der Waals surface area contributed by atoms with Gasteiger partial charge in [0.25, 0.3) is 0 Å². The number of carbonyl (C=O) groups is 1. The Kier molecular flexibility index (Phi) is 4.20. The molecule has 1 aromatic carbocycles. The van der Waals surface area contributed by atoms with E-state index in [0.29, 0.717) is 24.9 Å². The summed E-state index contributed by atoms with van der Waals surface area (Å²) in [5, 5.41) is 11.6. The fraction of sp³-hybridized carbons (Fsp3) is 0.500.